The Morgan fingerprint density at radius 1 is 0.814 bits per heavy atom. The van der Waals surface area contributed by atoms with E-state index in [0.29, 0.717) is 13.1 Å². The summed E-state index contributed by atoms with van der Waals surface area (Å²) in [4.78, 5) is 2.07. The summed E-state index contributed by atoms with van der Waals surface area (Å²) in [5, 5.41) is 60.3. The van der Waals surface area contributed by atoms with Crippen LogP contribution in [-0.2, 0) is 27.8 Å². The van der Waals surface area contributed by atoms with Gasteiger partial charge in [0.1, 0.15) is 30.2 Å². The van der Waals surface area contributed by atoms with Crippen LogP contribution < -0.4 is 9.47 Å². The smallest absolute Gasteiger partial charge is 0.394 e. The van der Waals surface area contributed by atoms with Gasteiger partial charge in [0.2, 0.25) is 0 Å². The molecule has 0 saturated heterocycles. The molecular formula is C30H43N4O8S+. The van der Waals surface area contributed by atoms with E-state index in [0.717, 1.165) is 27.6 Å². The summed E-state index contributed by atoms with van der Waals surface area (Å²) in [6.45, 7) is 2.07. The van der Waals surface area contributed by atoms with Gasteiger partial charge >= 0.3 is 5.13 Å². The molecule has 4 unspecified atom stereocenters. The molecule has 3 aromatic rings. The van der Waals surface area contributed by atoms with Crippen molar-refractivity contribution in [3.8, 4) is 0 Å². The number of hydrogen-bond acceptors (Lipinski definition) is 12. The molecule has 43 heavy (non-hydrogen) atoms. The summed E-state index contributed by atoms with van der Waals surface area (Å²) in [6.07, 6.45) is -1.79. The lowest BCUT2D eigenvalue weighted by Crippen LogP contribution is -2.35. The van der Waals surface area contributed by atoms with Crippen molar-refractivity contribution >= 4 is 27.8 Å². The molecule has 0 saturated carbocycles. The van der Waals surface area contributed by atoms with E-state index in [1.54, 1.807) is 0 Å². The van der Waals surface area contributed by atoms with Crippen molar-refractivity contribution in [3.63, 3.8) is 0 Å². The molecule has 0 amide bonds. The third kappa shape index (κ3) is 12.7. The molecule has 0 fully saturated rings. The topological polar surface area (TPSA) is 161 Å². The molecule has 1 heterocycles. The number of anilines is 1. The van der Waals surface area contributed by atoms with Gasteiger partial charge in [-0.05, 0) is 52.7 Å². The number of ether oxygens (including phenoxy) is 3. The Balaban J connectivity index is 1.49. The van der Waals surface area contributed by atoms with Crippen molar-refractivity contribution in [3.05, 3.63) is 71.2 Å². The van der Waals surface area contributed by atoms with Gasteiger partial charge in [-0.25, -0.2) is 4.57 Å². The number of aliphatic hydroxyl groups is 5. The first-order valence-electron chi connectivity index (χ1n) is 14.1. The van der Waals surface area contributed by atoms with Crippen LogP contribution in [0.1, 0.15) is 11.1 Å². The quantitative estimate of drug-likeness (QED) is 0.0938. The Hall–Kier alpha value is -2.85. The predicted octanol–water partition coefficient (Wildman–Crippen LogP) is 1.79. The molecule has 236 valence electrons. The maximum Gasteiger partial charge on any atom is 0.408 e. The van der Waals surface area contributed by atoms with Gasteiger partial charge in [0.05, 0.1) is 64.5 Å². The van der Waals surface area contributed by atoms with Crippen LogP contribution in [0.15, 0.2) is 70.3 Å². The van der Waals surface area contributed by atoms with Gasteiger partial charge in [-0.1, -0.05) is 30.3 Å². The number of aliphatic hydroxyl groups excluding tert-OH is 5. The number of benzene rings is 2. The van der Waals surface area contributed by atoms with Crippen LogP contribution in [0, 0.1) is 6.92 Å². The highest BCUT2D eigenvalue weighted by molar-refractivity contribution is 7.12. The Labute approximate surface area is 256 Å². The van der Waals surface area contributed by atoms with Crippen molar-refractivity contribution in [1.82, 2.24) is 0 Å². The van der Waals surface area contributed by atoms with E-state index in [9.17, 15) is 20.4 Å². The Morgan fingerprint density at radius 3 is 1.98 bits per heavy atom. The minimum atomic E-state index is -1.000. The van der Waals surface area contributed by atoms with E-state index in [1.807, 2.05) is 78.6 Å². The highest BCUT2D eigenvalue weighted by Crippen LogP contribution is 2.28. The molecule has 5 N–H and O–H groups in total. The van der Waals surface area contributed by atoms with Crippen LogP contribution in [0.2, 0.25) is 0 Å². The molecule has 2 aromatic carbocycles. The van der Waals surface area contributed by atoms with Gasteiger partial charge in [0, 0.05) is 24.2 Å². The first-order chi connectivity index (χ1) is 20.7. The molecule has 1 aromatic heterocycles. The first-order valence-corrected chi connectivity index (χ1v) is 14.9. The fourth-order valence-electron chi connectivity index (χ4n) is 4.01. The van der Waals surface area contributed by atoms with Gasteiger partial charge in [-0.3, -0.25) is 0 Å². The summed E-state index contributed by atoms with van der Waals surface area (Å²) in [6, 6.07) is 15.9. The summed E-state index contributed by atoms with van der Waals surface area (Å²) < 4.78 is 17.8. The van der Waals surface area contributed by atoms with Crippen molar-refractivity contribution in [2.24, 2.45) is 17.3 Å². The fraction of sp³-hybridized carbons (Fsp3) is 0.500. The third-order valence-corrected chi connectivity index (χ3v) is 7.11. The summed E-state index contributed by atoms with van der Waals surface area (Å²) in [5.74, 6) is 0. The number of rotatable bonds is 20. The average Bonchev–Trinajstić information content (AvgIpc) is 3.40. The molecule has 13 heteroatoms. The SMILES string of the molecule is Cc1cc(N(Cc2ccccc2)CC(O)COCC(O)COCC(O)COCC(O)CO)ccc1N=Nc1scc[n+]1C. The number of nitrogens with zero attached hydrogens (tertiary/aromatic N) is 4. The number of aromatic nitrogens is 1. The van der Waals surface area contributed by atoms with E-state index in [1.165, 1.54) is 11.3 Å². The Morgan fingerprint density at radius 2 is 1.42 bits per heavy atom. The van der Waals surface area contributed by atoms with Gasteiger partial charge < -0.3 is 44.6 Å². The maximum atomic E-state index is 10.8. The normalized spacial score (nSPS) is 14.6. The lowest BCUT2D eigenvalue weighted by atomic mass is 10.1. The second-order valence-electron chi connectivity index (χ2n) is 10.2. The van der Waals surface area contributed by atoms with Crippen molar-refractivity contribution in [2.75, 3.05) is 57.7 Å². The lowest BCUT2D eigenvalue weighted by molar-refractivity contribution is -0.654. The minimum absolute atomic E-state index is 0.00904. The van der Waals surface area contributed by atoms with Gasteiger partial charge in [-0.15, -0.1) is 0 Å². The number of thiazole rings is 1. The Kier molecular flexibility index (Phi) is 15.1. The molecule has 12 nitrogen and oxygen atoms in total. The molecule has 0 aliphatic rings. The monoisotopic (exact) mass is 619 g/mol. The molecule has 0 aliphatic carbocycles. The van der Waals surface area contributed by atoms with E-state index < -0.39 is 31.0 Å². The van der Waals surface area contributed by atoms with Crippen LogP contribution >= 0.6 is 11.3 Å². The van der Waals surface area contributed by atoms with Crippen LogP contribution in [0.3, 0.4) is 0 Å². The van der Waals surface area contributed by atoms with Gasteiger partial charge in [0.25, 0.3) is 0 Å². The second kappa shape index (κ2) is 18.7. The van der Waals surface area contributed by atoms with Crippen molar-refractivity contribution in [1.29, 1.82) is 0 Å². The average molecular weight is 620 g/mol. The zero-order valence-corrected chi connectivity index (χ0v) is 25.4. The van der Waals surface area contributed by atoms with Crippen LogP contribution in [-0.4, -0.2) is 103 Å². The second-order valence-corrected chi connectivity index (χ2v) is 11.1. The standard InChI is InChI=1S/C30H43N4O8S/c1-22-12-24(8-9-29(22)31-32-30-33(2)10-11-43-30)34(13-23-6-4-3-5-7-23)14-25(36)16-40-18-27(38)20-42-21-28(39)19-41-17-26(37)15-35/h3-12,25-28,35-39H,13-21H2,1-2H3/q+1. The number of azo groups is 1. The molecule has 0 bridgehead atoms. The van der Waals surface area contributed by atoms with E-state index >= 15 is 0 Å². The van der Waals surface area contributed by atoms with Crippen LogP contribution in [0.25, 0.3) is 0 Å². The third-order valence-electron chi connectivity index (χ3n) is 6.27. The maximum absolute atomic E-state index is 10.8. The highest BCUT2D eigenvalue weighted by Gasteiger charge is 2.17. The van der Waals surface area contributed by atoms with Gasteiger partial charge in [0.15, 0.2) is 0 Å². The number of hydrogen-bond donors (Lipinski definition) is 5. The molecule has 3 rings (SSSR count). The minimum Gasteiger partial charge on any atom is -0.394 e. The molecule has 4 atom stereocenters. The molecular weight excluding hydrogens is 576 g/mol. The highest BCUT2D eigenvalue weighted by atomic mass is 32.1. The summed E-state index contributed by atoms with van der Waals surface area (Å²) in [7, 11) is 1.92. The first kappa shape index (κ1) is 34.6. The molecule has 0 radical (unpaired) electrons. The van der Waals surface area contributed by atoms with Crippen molar-refractivity contribution < 1.29 is 44.3 Å². The van der Waals surface area contributed by atoms with E-state index in [4.69, 9.17) is 19.3 Å². The fourth-order valence-corrected chi connectivity index (χ4v) is 4.69. The van der Waals surface area contributed by atoms with E-state index in [-0.39, 0.29) is 39.6 Å². The Bertz CT molecular complexity index is 1230. The van der Waals surface area contributed by atoms with E-state index in [2.05, 4.69) is 15.1 Å². The largest absolute Gasteiger partial charge is 0.408 e. The van der Waals surface area contributed by atoms with Crippen molar-refractivity contribution in [2.45, 2.75) is 37.9 Å². The number of aryl methyl sites for hydroxylation is 2. The molecule has 0 aliphatic heterocycles. The zero-order valence-electron chi connectivity index (χ0n) is 24.6. The van der Waals surface area contributed by atoms with Crippen LogP contribution in [0.5, 0.6) is 0 Å². The lowest BCUT2D eigenvalue weighted by Gasteiger charge is -2.28. The summed E-state index contributed by atoms with van der Waals surface area (Å²) in [5.41, 5.74) is 3.72. The summed E-state index contributed by atoms with van der Waals surface area (Å²) >= 11 is 1.51. The molecule has 0 spiro atoms. The van der Waals surface area contributed by atoms with Gasteiger partial charge in [-0.2, -0.15) is 0 Å². The zero-order chi connectivity index (χ0) is 31.0. The predicted molar refractivity (Wildman–Crippen MR) is 162 cm³/mol. The van der Waals surface area contributed by atoms with Crippen LogP contribution in [0.4, 0.5) is 16.5 Å².